The standard InChI is InChI=1S/C7H13IO/c8-6-4-2-1-3-5-7-9/h4,6,9H,1-3,5,7H2. The molecule has 0 bridgehead atoms. The molecule has 1 nitrogen and oxygen atoms in total. The first-order valence-electron chi connectivity index (χ1n) is 3.28. The van der Waals surface area contributed by atoms with Crippen molar-refractivity contribution in [2.24, 2.45) is 0 Å². The molecule has 0 aliphatic carbocycles. The molecule has 0 saturated carbocycles. The molecule has 0 aromatic carbocycles. The third-order valence-corrected chi connectivity index (χ3v) is 1.63. The molecule has 0 fully saturated rings. The Hall–Kier alpha value is 0.430. The van der Waals surface area contributed by atoms with Crippen molar-refractivity contribution >= 4 is 22.6 Å². The van der Waals surface area contributed by atoms with Crippen LogP contribution in [0.3, 0.4) is 0 Å². The van der Waals surface area contributed by atoms with Gasteiger partial charge < -0.3 is 5.11 Å². The lowest BCUT2D eigenvalue weighted by Gasteiger charge is -1.91. The predicted octanol–water partition coefficient (Wildman–Crippen LogP) is 2.49. The van der Waals surface area contributed by atoms with Gasteiger partial charge in [-0.25, -0.2) is 0 Å². The molecule has 9 heavy (non-hydrogen) atoms. The molecule has 0 unspecified atom stereocenters. The SMILES string of the molecule is OCCCCCC=CI. The average Bonchev–Trinajstić information content (AvgIpc) is 1.89. The number of aliphatic hydroxyl groups excluding tert-OH is 1. The summed E-state index contributed by atoms with van der Waals surface area (Å²) in [6.07, 6.45) is 6.62. The van der Waals surface area contributed by atoms with Crippen LogP contribution in [0, 0.1) is 0 Å². The summed E-state index contributed by atoms with van der Waals surface area (Å²) < 4.78 is 2.04. The van der Waals surface area contributed by atoms with Crippen molar-refractivity contribution in [1.82, 2.24) is 0 Å². The van der Waals surface area contributed by atoms with E-state index in [1.54, 1.807) is 0 Å². The molecule has 0 rings (SSSR count). The number of rotatable bonds is 5. The van der Waals surface area contributed by atoms with E-state index in [0.29, 0.717) is 6.61 Å². The lowest BCUT2D eigenvalue weighted by Crippen LogP contribution is -1.81. The number of hydrogen-bond donors (Lipinski definition) is 1. The van der Waals surface area contributed by atoms with Gasteiger partial charge in [0, 0.05) is 6.61 Å². The number of hydrogen-bond acceptors (Lipinski definition) is 1. The van der Waals surface area contributed by atoms with Crippen LogP contribution >= 0.6 is 22.6 Å². The van der Waals surface area contributed by atoms with Crippen molar-refractivity contribution in [3.05, 3.63) is 10.2 Å². The van der Waals surface area contributed by atoms with E-state index < -0.39 is 0 Å². The zero-order valence-corrected chi connectivity index (χ0v) is 7.67. The van der Waals surface area contributed by atoms with Crippen molar-refractivity contribution in [1.29, 1.82) is 0 Å². The molecule has 0 aromatic rings. The van der Waals surface area contributed by atoms with Gasteiger partial charge in [-0.1, -0.05) is 35.1 Å². The van der Waals surface area contributed by atoms with Gasteiger partial charge in [0.25, 0.3) is 0 Å². The molecule has 0 radical (unpaired) electrons. The summed E-state index contributed by atoms with van der Waals surface area (Å²) in [7, 11) is 0. The van der Waals surface area contributed by atoms with E-state index in [4.69, 9.17) is 5.11 Å². The zero-order valence-electron chi connectivity index (χ0n) is 5.52. The molecule has 0 aliphatic heterocycles. The summed E-state index contributed by atoms with van der Waals surface area (Å²) in [4.78, 5) is 0. The van der Waals surface area contributed by atoms with Crippen molar-refractivity contribution < 1.29 is 5.11 Å². The minimum atomic E-state index is 0.341. The van der Waals surface area contributed by atoms with Gasteiger partial charge in [0.1, 0.15) is 0 Å². The quantitative estimate of drug-likeness (QED) is 0.578. The predicted molar refractivity (Wildman–Crippen MR) is 48.7 cm³/mol. The van der Waals surface area contributed by atoms with E-state index in [1.165, 1.54) is 6.42 Å². The maximum atomic E-state index is 8.40. The highest BCUT2D eigenvalue weighted by Gasteiger charge is 1.83. The van der Waals surface area contributed by atoms with Crippen LogP contribution in [0.4, 0.5) is 0 Å². The molecule has 0 heterocycles. The number of unbranched alkanes of at least 4 members (excludes halogenated alkanes) is 3. The minimum absolute atomic E-state index is 0.341. The number of halogens is 1. The molecule has 54 valence electrons. The third-order valence-electron chi connectivity index (χ3n) is 1.12. The van der Waals surface area contributed by atoms with E-state index in [0.717, 1.165) is 19.3 Å². The fourth-order valence-corrected chi connectivity index (χ4v) is 0.973. The highest BCUT2D eigenvalue weighted by molar-refractivity contribution is 14.1. The highest BCUT2D eigenvalue weighted by atomic mass is 127. The molecular formula is C7H13IO. The largest absolute Gasteiger partial charge is 0.396 e. The maximum absolute atomic E-state index is 8.40. The van der Waals surface area contributed by atoms with Crippen LogP contribution in [-0.2, 0) is 0 Å². The fraction of sp³-hybridized carbons (Fsp3) is 0.714. The Kier molecular flexibility index (Phi) is 8.83. The normalized spacial score (nSPS) is 10.9. The zero-order chi connectivity index (χ0) is 6.95. The molecule has 0 saturated heterocycles. The van der Waals surface area contributed by atoms with Gasteiger partial charge in [0.2, 0.25) is 0 Å². The van der Waals surface area contributed by atoms with E-state index in [-0.39, 0.29) is 0 Å². The Labute approximate surface area is 70.3 Å². The van der Waals surface area contributed by atoms with Gasteiger partial charge in [-0.2, -0.15) is 0 Å². The second-order valence-electron chi connectivity index (χ2n) is 1.93. The summed E-state index contributed by atoms with van der Waals surface area (Å²) in [5, 5.41) is 8.40. The van der Waals surface area contributed by atoms with Gasteiger partial charge in [-0.15, -0.1) is 0 Å². The topological polar surface area (TPSA) is 20.2 Å². The minimum Gasteiger partial charge on any atom is -0.396 e. The Morgan fingerprint density at radius 1 is 1.22 bits per heavy atom. The Balaban J connectivity index is 2.75. The van der Waals surface area contributed by atoms with E-state index in [2.05, 4.69) is 28.7 Å². The Bertz CT molecular complexity index is 71.3. The average molecular weight is 240 g/mol. The van der Waals surface area contributed by atoms with Crippen molar-refractivity contribution in [2.45, 2.75) is 25.7 Å². The molecule has 0 aliphatic rings. The fourth-order valence-electron chi connectivity index (χ4n) is 0.614. The Morgan fingerprint density at radius 2 is 2.00 bits per heavy atom. The van der Waals surface area contributed by atoms with Crippen LogP contribution in [0.1, 0.15) is 25.7 Å². The molecule has 0 spiro atoms. The van der Waals surface area contributed by atoms with E-state index in [1.807, 2.05) is 4.08 Å². The van der Waals surface area contributed by atoms with Gasteiger partial charge in [-0.05, 0) is 23.3 Å². The summed E-state index contributed by atoms with van der Waals surface area (Å²) in [6.45, 7) is 0.341. The summed E-state index contributed by atoms with van der Waals surface area (Å²) in [5.41, 5.74) is 0. The Morgan fingerprint density at radius 3 is 2.56 bits per heavy atom. The first kappa shape index (κ1) is 9.43. The van der Waals surface area contributed by atoms with Gasteiger partial charge in [0.05, 0.1) is 0 Å². The second-order valence-corrected chi connectivity index (χ2v) is 2.65. The molecular weight excluding hydrogens is 227 g/mol. The molecule has 1 N–H and O–H groups in total. The monoisotopic (exact) mass is 240 g/mol. The van der Waals surface area contributed by atoms with Crippen LogP contribution in [0.15, 0.2) is 10.2 Å². The summed E-state index contributed by atoms with van der Waals surface area (Å²) >= 11 is 2.22. The van der Waals surface area contributed by atoms with Crippen molar-refractivity contribution in [3.8, 4) is 0 Å². The summed E-state index contributed by atoms with van der Waals surface area (Å²) in [6, 6.07) is 0. The molecule has 2 heteroatoms. The number of allylic oxidation sites excluding steroid dienone is 1. The van der Waals surface area contributed by atoms with Gasteiger partial charge >= 0.3 is 0 Å². The second kappa shape index (κ2) is 8.43. The van der Waals surface area contributed by atoms with Crippen molar-refractivity contribution in [3.63, 3.8) is 0 Å². The highest BCUT2D eigenvalue weighted by Crippen LogP contribution is 2.00. The van der Waals surface area contributed by atoms with E-state index >= 15 is 0 Å². The number of aliphatic hydroxyl groups is 1. The molecule has 0 atom stereocenters. The lowest BCUT2D eigenvalue weighted by atomic mass is 10.2. The maximum Gasteiger partial charge on any atom is 0.0431 e. The van der Waals surface area contributed by atoms with Crippen LogP contribution in [0.5, 0.6) is 0 Å². The van der Waals surface area contributed by atoms with Gasteiger partial charge in [0.15, 0.2) is 0 Å². The van der Waals surface area contributed by atoms with Crippen LogP contribution in [0.2, 0.25) is 0 Å². The van der Waals surface area contributed by atoms with E-state index in [9.17, 15) is 0 Å². The first-order chi connectivity index (χ1) is 4.41. The smallest absolute Gasteiger partial charge is 0.0431 e. The first-order valence-corrected chi connectivity index (χ1v) is 4.52. The van der Waals surface area contributed by atoms with Gasteiger partial charge in [-0.3, -0.25) is 0 Å². The summed E-state index contributed by atoms with van der Waals surface area (Å²) in [5.74, 6) is 0. The lowest BCUT2D eigenvalue weighted by molar-refractivity contribution is 0.283. The van der Waals surface area contributed by atoms with Crippen molar-refractivity contribution in [2.75, 3.05) is 6.61 Å². The van der Waals surface area contributed by atoms with Crippen LogP contribution in [0.25, 0.3) is 0 Å². The third kappa shape index (κ3) is 8.43. The molecule has 0 amide bonds. The van der Waals surface area contributed by atoms with Crippen LogP contribution in [-0.4, -0.2) is 11.7 Å². The van der Waals surface area contributed by atoms with Crippen LogP contribution < -0.4 is 0 Å². The molecule has 0 aromatic heterocycles.